The summed E-state index contributed by atoms with van der Waals surface area (Å²) in [5.74, 6) is 2.10. The van der Waals surface area contributed by atoms with Crippen molar-refractivity contribution in [2.45, 2.75) is 18.4 Å². The first kappa shape index (κ1) is 25.4. The first-order chi connectivity index (χ1) is 13.5. The molecule has 0 aromatic heterocycles. The van der Waals surface area contributed by atoms with Crippen LogP contribution in [0.3, 0.4) is 0 Å². The number of hydrogen-bond acceptors (Lipinski definition) is 4. The summed E-state index contributed by atoms with van der Waals surface area (Å²) in [6, 6.07) is 13.5. The monoisotopic (exact) mass is 548 g/mol. The number of ether oxygens (including phenoxy) is 1. The molecule has 2 rings (SSSR count). The lowest BCUT2D eigenvalue weighted by Gasteiger charge is -2.14. The second-order valence-electron chi connectivity index (χ2n) is 5.87. The van der Waals surface area contributed by atoms with Crippen molar-refractivity contribution in [3.05, 3.63) is 53.1 Å². The molecule has 0 unspecified atom stereocenters. The smallest absolute Gasteiger partial charge is 0.221 e. The maximum Gasteiger partial charge on any atom is 0.221 e. The van der Waals surface area contributed by atoms with E-state index in [1.165, 1.54) is 11.8 Å². The Kier molecular flexibility index (Phi) is 11.9. The zero-order valence-electron chi connectivity index (χ0n) is 16.6. The number of aliphatic imine (C=N–C) groups is 1. The average Bonchev–Trinajstić information content (AvgIpc) is 2.68. The number of hydrogen-bond donors (Lipinski definition) is 3. The number of nitrogens with one attached hydrogen (secondary N) is 3. The molecule has 6 nitrogen and oxygen atoms in total. The van der Waals surface area contributed by atoms with Gasteiger partial charge in [0.15, 0.2) is 5.96 Å². The van der Waals surface area contributed by atoms with Crippen molar-refractivity contribution in [3.63, 3.8) is 0 Å². The molecule has 158 valence electrons. The summed E-state index contributed by atoms with van der Waals surface area (Å²) in [4.78, 5) is 16.8. The van der Waals surface area contributed by atoms with Crippen molar-refractivity contribution in [1.29, 1.82) is 0 Å². The summed E-state index contributed by atoms with van der Waals surface area (Å²) in [6.07, 6.45) is 0. The zero-order valence-corrected chi connectivity index (χ0v) is 20.5. The molecule has 0 heterocycles. The van der Waals surface area contributed by atoms with Gasteiger partial charge in [0.2, 0.25) is 5.91 Å². The van der Waals surface area contributed by atoms with Crippen LogP contribution in [0.4, 0.5) is 5.69 Å². The second-order valence-corrected chi connectivity index (χ2v) is 7.48. The van der Waals surface area contributed by atoms with Gasteiger partial charge in [-0.25, -0.2) is 0 Å². The van der Waals surface area contributed by atoms with Crippen LogP contribution in [0.5, 0.6) is 5.75 Å². The highest BCUT2D eigenvalue weighted by Gasteiger charge is 2.07. The van der Waals surface area contributed by atoms with Crippen molar-refractivity contribution in [1.82, 2.24) is 10.6 Å². The number of halogens is 2. The summed E-state index contributed by atoms with van der Waals surface area (Å²) in [6.45, 7) is 2.81. The first-order valence-electron chi connectivity index (χ1n) is 8.79. The van der Waals surface area contributed by atoms with Crippen LogP contribution in [0.15, 0.2) is 52.4 Å². The summed E-state index contributed by atoms with van der Waals surface area (Å²) >= 11 is 7.65. The van der Waals surface area contributed by atoms with Crippen LogP contribution >= 0.6 is 47.3 Å². The number of anilines is 1. The standard InChI is InChI=1S/C20H25ClN4O2S.HI/c1-14(26)25-18-12-15(4-9-19(18)27-3)13-24-20(22-2)23-10-11-28-17-7-5-16(21)6-8-17;/h4-9,12H,10-11,13H2,1-3H3,(H,25,26)(H2,22,23,24);1H. The van der Waals surface area contributed by atoms with E-state index in [1.54, 1.807) is 25.9 Å². The Balaban J connectivity index is 0.00000420. The molecular weight excluding hydrogens is 523 g/mol. The maximum atomic E-state index is 11.4. The number of thioether (sulfide) groups is 1. The van der Waals surface area contributed by atoms with Crippen LogP contribution < -0.4 is 20.7 Å². The van der Waals surface area contributed by atoms with E-state index in [-0.39, 0.29) is 29.9 Å². The van der Waals surface area contributed by atoms with E-state index >= 15 is 0 Å². The van der Waals surface area contributed by atoms with Crippen molar-refractivity contribution in [2.75, 3.05) is 31.8 Å². The van der Waals surface area contributed by atoms with Crippen LogP contribution in [-0.2, 0) is 11.3 Å². The number of amides is 1. The molecule has 2 aromatic rings. The Bertz CT molecular complexity index is 819. The van der Waals surface area contributed by atoms with Gasteiger partial charge in [-0.15, -0.1) is 35.7 Å². The molecule has 29 heavy (non-hydrogen) atoms. The predicted molar refractivity (Wildman–Crippen MR) is 133 cm³/mol. The molecule has 0 spiro atoms. The topological polar surface area (TPSA) is 74.8 Å². The minimum absolute atomic E-state index is 0. The second kappa shape index (κ2) is 13.6. The van der Waals surface area contributed by atoms with Gasteiger partial charge in [-0.2, -0.15) is 0 Å². The summed E-state index contributed by atoms with van der Waals surface area (Å²) in [5.41, 5.74) is 1.65. The lowest BCUT2D eigenvalue weighted by atomic mass is 10.2. The lowest BCUT2D eigenvalue weighted by Crippen LogP contribution is -2.37. The van der Waals surface area contributed by atoms with Crippen molar-refractivity contribution in [3.8, 4) is 5.75 Å². The minimum atomic E-state index is -0.140. The van der Waals surface area contributed by atoms with Gasteiger partial charge in [-0.1, -0.05) is 17.7 Å². The molecule has 0 saturated carbocycles. The Labute approximate surface area is 198 Å². The van der Waals surface area contributed by atoms with Gasteiger partial charge in [0.1, 0.15) is 5.75 Å². The molecule has 0 saturated heterocycles. The molecule has 0 aliphatic carbocycles. The molecule has 9 heteroatoms. The fourth-order valence-corrected chi connectivity index (χ4v) is 3.32. The summed E-state index contributed by atoms with van der Waals surface area (Å²) in [7, 11) is 3.31. The Hall–Kier alpha value is -1.65. The van der Waals surface area contributed by atoms with Gasteiger partial charge in [0.25, 0.3) is 0 Å². The van der Waals surface area contributed by atoms with Crippen LogP contribution in [0.1, 0.15) is 12.5 Å². The Morgan fingerprint density at radius 1 is 1.17 bits per heavy atom. The highest BCUT2D eigenvalue weighted by molar-refractivity contribution is 14.0. The number of carbonyl (C=O) groups is 1. The van der Waals surface area contributed by atoms with Crippen molar-refractivity contribution >= 4 is 64.9 Å². The Morgan fingerprint density at radius 2 is 1.90 bits per heavy atom. The van der Waals surface area contributed by atoms with Crippen molar-refractivity contribution < 1.29 is 9.53 Å². The number of carbonyl (C=O) groups excluding carboxylic acids is 1. The number of guanidine groups is 1. The van der Waals surface area contributed by atoms with Gasteiger partial charge in [-0.3, -0.25) is 9.79 Å². The largest absolute Gasteiger partial charge is 0.495 e. The zero-order chi connectivity index (χ0) is 20.4. The van der Waals surface area contributed by atoms with Crippen molar-refractivity contribution in [2.24, 2.45) is 4.99 Å². The van der Waals surface area contributed by atoms with Gasteiger partial charge in [0, 0.05) is 42.7 Å². The van der Waals surface area contributed by atoms with Crippen LogP contribution in [0.25, 0.3) is 0 Å². The molecule has 2 aromatic carbocycles. The van der Waals surface area contributed by atoms with Gasteiger partial charge in [-0.05, 0) is 42.0 Å². The van der Waals surface area contributed by atoms with E-state index in [9.17, 15) is 4.79 Å². The van der Waals surface area contributed by atoms with E-state index in [4.69, 9.17) is 16.3 Å². The highest BCUT2D eigenvalue weighted by Crippen LogP contribution is 2.25. The third-order valence-electron chi connectivity index (χ3n) is 3.74. The van der Waals surface area contributed by atoms with Gasteiger partial charge in [0.05, 0.1) is 12.8 Å². The lowest BCUT2D eigenvalue weighted by molar-refractivity contribution is -0.114. The summed E-state index contributed by atoms with van der Waals surface area (Å²) < 4.78 is 5.28. The molecule has 0 bridgehead atoms. The summed E-state index contributed by atoms with van der Waals surface area (Å²) in [5, 5.41) is 10.1. The minimum Gasteiger partial charge on any atom is -0.495 e. The fourth-order valence-electron chi connectivity index (χ4n) is 2.43. The number of methoxy groups -OCH3 is 1. The molecule has 0 aliphatic heterocycles. The third kappa shape index (κ3) is 9.14. The quantitative estimate of drug-likeness (QED) is 0.150. The first-order valence-corrected chi connectivity index (χ1v) is 10.2. The molecule has 0 atom stereocenters. The highest BCUT2D eigenvalue weighted by atomic mass is 127. The molecule has 1 amide bonds. The van der Waals surface area contributed by atoms with Crippen LogP contribution in [-0.4, -0.2) is 38.3 Å². The molecular formula is C20H26ClIN4O2S. The average molecular weight is 549 g/mol. The van der Waals surface area contributed by atoms with E-state index < -0.39 is 0 Å². The number of rotatable bonds is 8. The van der Waals surface area contributed by atoms with E-state index in [0.29, 0.717) is 23.9 Å². The normalized spacial score (nSPS) is 10.7. The number of benzene rings is 2. The number of nitrogens with zero attached hydrogens (tertiary/aromatic N) is 1. The Morgan fingerprint density at radius 3 is 2.52 bits per heavy atom. The van der Waals surface area contributed by atoms with E-state index in [0.717, 1.165) is 22.9 Å². The van der Waals surface area contributed by atoms with Crippen LogP contribution in [0.2, 0.25) is 5.02 Å². The SMILES string of the molecule is CN=C(NCCSc1ccc(Cl)cc1)NCc1ccc(OC)c(NC(C)=O)c1.I. The predicted octanol–water partition coefficient (Wildman–Crippen LogP) is 4.38. The maximum absolute atomic E-state index is 11.4. The molecule has 0 fully saturated rings. The third-order valence-corrected chi connectivity index (χ3v) is 5.00. The fraction of sp³-hybridized carbons (Fsp3) is 0.300. The molecule has 0 aliphatic rings. The molecule has 0 radical (unpaired) electrons. The van der Waals surface area contributed by atoms with Crippen LogP contribution in [0, 0.1) is 0 Å². The van der Waals surface area contributed by atoms with Gasteiger partial charge < -0.3 is 20.7 Å². The van der Waals surface area contributed by atoms with Gasteiger partial charge >= 0.3 is 0 Å². The molecule has 3 N–H and O–H groups in total. The van der Waals surface area contributed by atoms with E-state index in [1.807, 2.05) is 42.5 Å². The van der Waals surface area contributed by atoms with E-state index in [2.05, 4.69) is 20.9 Å².